The zero-order chi connectivity index (χ0) is 16.2. The van der Waals surface area contributed by atoms with Gasteiger partial charge in [-0.1, -0.05) is 38.8 Å². The van der Waals surface area contributed by atoms with Gasteiger partial charge in [0.15, 0.2) is 0 Å². The number of nitrogens with zero attached hydrogens (tertiary/aromatic N) is 2. The maximum atomic E-state index is 13.1. The van der Waals surface area contributed by atoms with Gasteiger partial charge in [-0.25, -0.2) is 0 Å². The summed E-state index contributed by atoms with van der Waals surface area (Å²) in [7, 11) is 0. The Kier molecular flexibility index (Phi) is 3.33. The molecule has 2 unspecified atom stereocenters. The van der Waals surface area contributed by atoms with Gasteiger partial charge in [-0.3, -0.25) is 14.6 Å². The van der Waals surface area contributed by atoms with Crippen LogP contribution in [0.1, 0.15) is 44.8 Å². The summed E-state index contributed by atoms with van der Waals surface area (Å²) in [6, 6.07) is 7.57. The maximum absolute atomic E-state index is 13.1. The number of phenolic OH excluding ortho intramolecular Hbond substituents is 1. The number of rotatable bonds is 4. The molecule has 1 aromatic rings. The fourth-order valence-corrected chi connectivity index (χ4v) is 5.24. The molecule has 4 aliphatic heterocycles. The molecule has 0 spiro atoms. The fraction of sp³-hybridized carbons (Fsp3) is 0.632. The van der Waals surface area contributed by atoms with E-state index in [1.54, 1.807) is 12.1 Å². The molecule has 4 nitrogen and oxygen atoms in total. The second-order valence-electron chi connectivity index (χ2n) is 8.05. The summed E-state index contributed by atoms with van der Waals surface area (Å²) < 4.78 is 0. The second kappa shape index (κ2) is 5.05. The van der Waals surface area contributed by atoms with Crippen LogP contribution in [-0.4, -0.2) is 46.9 Å². The molecule has 4 fully saturated rings. The van der Waals surface area contributed by atoms with Crippen LogP contribution >= 0.6 is 0 Å². The summed E-state index contributed by atoms with van der Waals surface area (Å²) in [5.41, 5.74) is 0.857. The SMILES string of the molecule is CCCCC12CN3CC(C)(CN(C1)C3c1ccc(O)cc1)C2=O. The molecule has 2 atom stereocenters. The van der Waals surface area contributed by atoms with Gasteiger partial charge in [0.1, 0.15) is 11.5 Å². The van der Waals surface area contributed by atoms with Crippen molar-refractivity contribution in [1.82, 2.24) is 9.80 Å². The summed E-state index contributed by atoms with van der Waals surface area (Å²) in [6.45, 7) is 7.87. The summed E-state index contributed by atoms with van der Waals surface area (Å²) in [5, 5.41) is 9.55. The molecule has 1 aromatic carbocycles. The molecule has 1 N–H and O–H groups in total. The highest BCUT2D eigenvalue weighted by atomic mass is 16.3. The Labute approximate surface area is 138 Å². The lowest BCUT2D eigenvalue weighted by atomic mass is 9.59. The number of unbranched alkanes of at least 4 members (excludes halogenated alkanes) is 1. The van der Waals surface area contributed by atoms with Gasteiger partial charge in [-0.05, 0) is 24.1 Å². The predicted octanol–water partition coefficient (Wildman–Crippen LogP) is 2.79. The molecule has 0 amide bonds. The molecular formula is C19H26N2O2. The summed E-state index contributed by atoms with van der Waals surface area (Å²) in [5.74, 6) is 0.819. The van der Waals surface area contributed by atoms with Crippen molar-refractivity contribution >= 4 is 5.78 Å². The minimum Gasteiger partial charge on any atom is -0.508 e. The van der Waals surface area contributed by atoms with Crippen LogP contribution in [0.5, 0.6) is 5.75 Å². The standard InChI is InChI=1S/C19H26N2O2/c1-3-4-9-19-12-20-10-18(2,17(19)23)11-21(13-19)16(20)14-5-7-15(22)8-6-14/h5-8,16,22H,3-4,9-13H2,1-2H3. The number of carbonyl (C=O) groups excluding carboxylic acids is 1. The van der Waals surface area contributed by atoms with E-state index in [2.05, 4.69) is 23.6 Å². The number of hydrogen-bond donors (Lipinski definition) is 1. The first-order valence-electron chi connectivity index (χ1n) is 8.79. The highest BCUT2D eigenvalue weighted by Crippen LogP contribution is 2.53. The van der Waals surface area contributed by atoms with E-state index in [1.807, 2.05) is 12.1 Å². The first-order chi connectivity index (χ1) is 11.0. The van der Waals surface area contributed by atoms with E-state index >= 15 is 0 Å². The highest BCUT2D eigenvalue weighted by Gasteiger charge is 2.63. The van der Waals surface area contributed by atoms with Gasteiger partial charge < -0.3 is 5.11 Å². The zero-order valence-electron chi connectivity index (χ0n) is 14.1. The van der Waals surface area contributed by atoms with Crippen LogP contribution in [0.15, 0.2) is 24.3 Å². The lowest BCUT2D eigenvalue weighted by Gasteiger charge is -2.65. The number of piperidine rings is 2. The number of benzene rings is 1. The Morgan fingerprint density at radius 1 is 1.13 bits per heavy atom. The number of phenols is 1. The monoisotopic (exact) mass is 314 g/mol. The van der Waals surface area contributed by atoms with Crippen LogP contribution in [0.3, 0.4) is 0 Å². The molecule has 5 rings (SSSR count). The molecule has 4 saturated heterocycles. The molecule has 4 heteroatoms. The first-order valence-corrected chi connectivity index (χ1v) is 8.79. The van der Waals surface area contributed by atoms with E-state index < -0.39 is 0 Å². The van der Waals surface area contributed by atoms with E-state index in [0.29, 0.717) is 11.5 Å². The highest BCUT2D eigenvalue weighted by molar-refractivity contribution is 5.93. The van der Waals surface area contributed by atoms with Gasteiger partial charge >= 0.3 is 0 Å². The van der Waals surface area contributed by atoms with Crippen LogP contribution in [0, 0.1) is 10.8 Å². The number of aromatic hydroxyl groups is 1. The normalized spacial score (nSPS) is 41.5. The molecule has 0 aliphatic carbocycles. The quantitative estimate of drug-likeness (QED) is 0.928. The Balaban J connectivity index is 1.68. The molecule has 0 aromatic heterocycles. The largest absolute Gasteiger partial charge is 0.508 e. The van der Waals surface area contributed by atoms with Gasteiger partial charge in [0.2, 0.25) is 0 Å². The van der Waals surface area contributed by atoms with Crippen LogP contribution in [-0.2, 0) is 4.79 Å². The average Bonchev–Trinajstić information content (AvgIpc) is 2.51. The third-order valence-electron chi connectivity index (χ3n) is 6.04. The number of carbonyl (C=O) groups is 1. The van der Waals surface area contributed by atoms with E-state index in [4.69, 9.17) is 0 Å². The molecule has 0 radical (unpaired) electrons. The van der Waals surface area contributed by atoms with Crippen molar-refractivity contribution in [2.75, 3.05) is 26.2 Å². The van der Waals surface area contributed by atoms with Crippen molar-refractivity contribution in [3.8, 4) is 5.75 Å². The molecule has 23 heavy (non-hydrogen) atoms. The van der Waals surface area contributed by atoms with Crippen molar-refractivity contribution in [1.29, 1.82) is 0 Å². The number of hydrogen-bond acceptors (Lipinski definition) is 4. The lowest BCUT2D eigenvalue weighted by Crippen LogP contribution is -2.76. The third-order valence-corrected chi connectivity index (χ3v) is 6.04. The van der Waals surface area contributed by atoms with E-state index in [-0.39, 0.29) is 17.0 Å². The van der Waals surface area contributed by atoms with E-state index in [1.165, 1.54) is 5.56 Å². The topological polar surface area (TPSA) is 43.8 Å². The van der Waals surface area contributed by atoms with Crippen molar-refractivity contribution < 1.29 is 9.90 Å². The minimum atomic E-state index is -0.211. The molecule has 4 aliphatic rings. The zero-order valence-corrected chi connectivity index (χ0v) is 14.1. The Hall–Kier alpha value is -1.39. The molecule has 0 saturated carbocycles. The van der Waals surface area contributed by atoms with Crippen molar-refractivity contribution in [3.63, 3.8) is 0 Å². The van der Waals surface area contributed by atoms with Crippen molar-refractivity contribution in [3.05, 3.63) is 29.8 Å². The summed E-state index contributed by atoms with van der Waals surface area (Å²) >= 11 is 0. The molecule has 4 heterocycles. The average molecular weight is 314 g/mol. The van der Waals surface area contributed by atoms with Gasteiger partial charge in [0, 0.05) is 26.2 Å². The van der Waals surface area contributed by atoms with Gasteiger partial charge in [0.25, 0.3) is 0 Å². The first kappa shape index (κ1) is 15.2. The van der Waals surface area contributed by atoms with Gasteiger partial charge in [-0.15, -0.1) is 0 Å². The Morgan fingerprint density at radius 3 is 2.30 bits per heavy atom. The predicted molar refractivity (Wildman–Crippen MR) is 89.1 cm³/mol. The van der Waals surface area contributed by atoms with Gasteiger partial charge in [-0.2, -0.15) is 0 Å². The van der Waals surface area contributed by atoms with Crippen molar-refractivity contribution in [2.24, 2.45) is 10.8 Å². The second-order valence-corrected chi connectivity index (χ2v) is 8.05. The summed E-state index contributed by atoms with van der Waals surface area (Å²) in [6.07, 6.45) is 3.56. The molecule has 4 bridgehead atoms. The maximum Gasteiger partial charge on any atom is 0.150 e. The number of ketones is 1. The lowest BCUT2D eigenvalue weighted by molar-refractivity contribution is -0.201. The number of Topliss-reactive ketones (excluding diaryl/α,β-unsaturated/α-hetero) is 1. The minimum absolute atomic E-state index is 0.158. The van der Waals surface area contributed by atoms with Gasteiger partial charge in [0.05, 0.1) is 17.0 Å². The third kappa shape index (κ3) is 2.15. The Morgan fingerprint density at radius 2 is 1.74 bits per heavy atom. The smallest absolute Gasteiger partial charge is 0.150 e. The van der Waals surface area contributed by atoms with Crippen LogP contribution in [0.25, 0.3) is 0 Å². The van der Waals surface area contributed by atoms with Crippen LogP contribution < -0.4 is 0 Å². The van der Waals surface area contributed by atoms with Crippen LogP contribution in [0.2, 0.25) is 0 Å². The van der Waals surface area contributed by atoms with Crippen molar-refractivity contribution in [2.45, 2.75) is 39.3 Å². The summed E-state index contributed by atoms with van der Waals surface area (Å²) in [4.78, 5) is 18.1. The molecular weight excluding hydrogens is 288 g/mol. The van der Waals surface area contributed by atoms with Crippen LogP contribution in [0.4, 0.5) is 0 Å². The van der Waals surface area contributed by atoms with E-state index in [9.17, 15) is 9.90 Å². The van der Waals surface area contributed by atoms with E-state index in [0.717, 1.165) is 45.4 Å². The fourth-order valence-electron chi connectivity index (χ4n) is 5.24. The molecule has 124 valence electrons. The Bertz CT molecular complexity index is 609.